The smallest absolute Gasteiger partial charge is 0.102 e. The summed E-state index contributed by atoms with van der Waals surface area (Å²) in [5.74, 6) is 0. The van der Waals surface area contributed by atoms with Crippen molar-refractivity contribution < 1.29 is 4.48 Å². The van der Waals surface area contributed by atoms with Gasteiger partial charge in [0.1, 0.15) is 6.54 Å². The van der Waals surface area contributed by atoms with Crippen molar-refractivity contribution in [1.29, 1.82) is 0 Å². The molecule has 0 aromatic carbocycles. The maximum absolute atomic E-state index is 2.37. The number of hydrogen-bond acceptors (Lipinski definition) is 0. The van der Waals surface area contributed by atoms with E-state index in [1.165, 1.54) is 49.8 Å². The van der Waals surface area contributed by atoms with E-state index < -0.39 is 0 Å². The molecule has 1 atom stereocenters. The van der Waals surface area contributed by atoms with Crippen LogP contribution in [-0.4, -0.2) is 24.1 Å². The Labute approximate surface area is 88.7 Å². The van der Waals surface area contributed by atoms with Crippen molar-refractivity contribution in [2.75, 3.05) is 19.6 Å². The SMILES string of the molecule is CCCCCC[N+]1(CC)C=CC=CC1. The highest BCUT2D eigenvalue weighted by Gasteiger charge is 2.21. The van der Waals surface area contributed by atoms with E-state index in [2.05, 4.69) is 38.3 Å². The van der Waals surface area contributed by atoms with Gasteiger partial charge in [-0.2, -0.15) is 0 Å². The van der Waals surface area contributed by atoms with E-state index in [4.69, 9.17) is 0 Å². The maximum atomic E-state index is 2.37. The molecule has 0 fully saturated rings. The Morgan fingerprint density at radius 2 is 1.93 bits per heavy atom. The molecule has 0 amide bonds. The molecule has 0 bridgehead atoms. The van der Waals surface area contributed by atoms with Gasteiger partial charge in [0, 0.05) is 0 Å². The summed E-state index contributed by atoms with van der Waals surface area (Å²) >= 11 is 0. The summed E-state index contributed by atoms with van der Waals surface area (Å²) in [6, 6.07) is 0. The normalized spacial score (nSPS) is 25.6. The van der Waals surface area contributed by atoms with E-state index in [9.17, 15) is 0 Å². The van der Waals surface area contributed by atoms with Crippen LogP contribution in [0, 0.1) is 0 Å². The fourth-order valence-electron chi connectivity index (χ4n) is 2.05. The second-order valence-electron chi connectivity index (χ2n) is 4.27. The summed E-state index contributed by atoms with van der Waals surface area (Å²) in [7, 11) is 0. The van der Waals surface area contributed by atoms with E-state index in [-0.39, 0.29) is 0 Å². The van der Waals surface area contributed by atoms with E-state index in [1.807, 2.05) is 0 Å². The van der Waals surface area contributed by atoms with Crippen LogP contribution in [0.25, 0.3) is 0 Å². The first-order valence-corrected chi connectivity index (χ1v) is 6.03. The molecule has 0 N–H and O–H groups in total. The highest BCUT2D eigenvalue weighted by Crippen LogP contribution is 2.15. The van der Waals surface area contributed by atoms with Gasteiger partial charge in [-0.3, -0.25) is 4.48 Å². The molecule has 1 aliphatic rings. The van der Waals surface area contributed by atoms with Gasteiger partial charge < -0.3 is 0 Å². The molecule has 80 valence electrons. The summed E-state index contributed by atoms with van der Waals surface area (Å²) in [6.07, 6.45) is 14.5. The van der Waals surface area contributed by atoms with E-state index in [1.54, 1.807) is 0 Å². The lowest BCUT2D eigenvalue weighted by Gasteiger charge is -2.34. The van der Waals surface area contributed by atoms with Crippen LogP contribution in [0.2, 0.25) is 0 Å². The van der Waals surface area contributed by atoms with Gasteiger partial charge >= 0.3 is 0 Å². The van der Waals surface area contributed by atoms with Crippen LogP contribution in [0.5, 0.6) is 0 Å². The van der Waals surface area contributed by atoms with Gasteiger partial charge in [0.15, 0.2) is 0 Å². The number of rotatable bonds is 6. The third kappa shape index (κ3) is 3.30. The molecular weight excluding hydrogens is 170 g/mol. The predicted octanol–water partition coefficient (Wildman–Crippen LogP) is 3.49. The largest absolute Gasteiger partial charge is 0.294 e. The molecule has 0 aliphatic carbocycles. The second-order valence-corrected chi connectivity index (χ2v) is 4.27. The quantitative estimate of drug-likeness (QED) is 0.448. The summed E-state index contributed by atoms with van der Waals surface area (Å²) < 4.78 is 1.17. The van der Waals surface area contributed by atoms with E-state index >= 15 is 0 Å². The van der Waals surface area contributed by atoms with Crippen molar-refractivity contribution in [3.05, 3.63) is 24.4 Å². The van der Waals surface area contributed by atoms with Crippen molar-refractivity contribution in [3.63, 3.8) is 0 Å². The first kappa shape index (κ1) is 11.5. The van der Waals surface area contributed by atoms with Crippen molar-refractivity contribution in [2.45, 2.75) is 39.5 Å². The predicted molar refractivity (Wildman–Crippen MR) is 63.0 cm³/mol. The molecule has 0 saturated carbocycles. The molecule has 1 heteroatoms. The number of quaternary nitrogens is 1. The molecule has 1 unspecified atom stereocenters. The molecule has 1 heterocycles. The van der Waals surface area contributed by atoms with Crippen LogP contribution in [0.4, 0.5) is 0 Å². The molecule has 14 heavy (non-hydrogen) atoms. The first-order chi connectivity index (χ1) is 6.83. The molecule has 0 radical (unpaired) electrons. The number of allylic oxidation sites excluding steroid dienone is 2. The van der Waals surface area contributed by atoms with Crippen molar-refractivity contribution in [1.82, 2.24) is 0 Å². The average Bonchev–Trinajstić information content (AvgIpc) is 2.26. The average molecular weight is 194 g/mol. The Hall–Kier alpha value is -0.560. The molecule has 1 rings (SSSR count). The summed E-state index contributed by atoms with van der Waals surface area (Å²) in [5.41, 5.74) is 0. The Kier molecular flexibility index (Phi) is 4.95. The van der Waals surface area contributed by atoms with Gasteiger partial charge in [-0.1, -0.05) is 25.8 Å². The van der Waals surface area contributed by atoms with Gasteiger partial charge in [-0.05, 0) is 31.9 Å². The molecule has 0 saturated heterocycles. The second kappa shape index (κ2) is 6.02. The van der Waals surface area contributed by atoms with Crippen molar-refractivity contribution in [3.8, 4) is 0 Å². The number of nitrogens with zero attached hydrogens (tertiary/aromatic N) is 1. The lowest BCUT2D eigenvalue weighted by molar-refractivity contribution is -0.872. The number of unbranched alkanes of at least 4 members (excludes halogenated alkanes) is 3. The summed E-state index contributed by atoms with van der Waals surface area (Å²) in [5, 5.41) is 0. The Balaban J connectivity index is 2.31. The molecule has 0 aromatic rings. The van der Waals surface area contributed by atoms with Crippen LogP contribution in [0.1, 0.15) is 39.5 Å². The first-order valence-electron chi connectivity index (χ1n) is 6.03. The summed E-state index contributed by atoms with van der Waals surface area (Å²) in [6.45, 7) is 8.31. The zero-order valence-corrected chi connectivity index (χ0v) is 9.71. The van der Waals surface area contributed by atoms with Gasteiger partial charge in [-0.15, -0.1) is 0 Å². The lowest BCUT2D eigenvalue weighted by atomic mass is 10.1. The minimum absolute atomic E-state index is 1.17. The van der Waals surface area contributed by atoms with Gasteiger partial charge in [0.2, 0.25) is 0 Å². The molecule has 0 aromatic heterocycles. The fraction of sp³-hybridized carbons (Fsp3) is 0.692. The van der Waals surface area contributed by atoms with Crippen molar-refractivity contribution >= 4 is 0 Å². The maximum Gasteiger partial charge on any atom is 0.102 e. The van der Waals surface area contributed by atoms with Gasteiger partial charge in [0.05, 0.1) is 19.3 Å². The number of hydrogen-bond donors (Lipinski definition) is 0. The zero-order chi connectivity index (χ0) is 10.3. The van der Waals surface area contributed by atoms with Gasteiger partial charge in [0.25, 0.3) is 0 Å². The van der Waals surface area contributed by atoms with Crippen LogP contribution in [0.15, 0.2) is 24.4 Å². The fourth-order valence-corrected chi connectivity index (χ4v) is 2.05. The minimum Gasteiger partial charge on any atom is -0.294 e. The molecule has 0 spiro atoms. The third-order valence-electron chi connectivity index (χ3n) is 3.21. The highest BCUT2D eigenvalue weighted by atomic mass is 15.3. The van der Waals surface area contributed by atoms with E-state index in [0.29, 0.717) is 0 Å². The Morgan fingerprint density at radius 3 is 2.50 bits per heavy atom. The van der Waals surface area contributed by atoms with Crippen molar-refractivity contribution in [2.24, 2.45) is 0 Å². The van der Waals surface area contributed by atoms with Crippen LogP contribution >= 0.6 is 0 Å². The topological polar surface area (TPSA) is 0 Å². The minimum atomic E-state index is 1.17. The van der Waals surface area contributed by atoms with Gasteiger partial charge in [-0.25, -0.2) is 0 Å². The molecule has 1 aliphatic heterocycles. The zero-order valence-electron chi connectivity index (χ0n) is 9.71. The summed E-state index contributed by atoms with van der Waals surface area (Å²) in [4.78, 5) is 0. The van der Waals surface area contributed by atoms with Crippen LogP contribution in [-0.2, 0) is 0 Å². The number of likely N-dealkylation sites (N-methyl/N-ethyl adjacent to an activating group) is 1. The Bertz CT molecular complexity index is 205. The Morgan fingerprint density at radius 1 is 1.07 bits per heavy atom. The van der Waals surface area contributed by atoms with Crippen LogP contribution in [0.3, 0.4) is 0 Å². The lowest BCUT2D eigenvalue weighted by Crippen LogP contribution is -2.44. The van der Waals surface area contributed by atoms with E-state index in [0.717, 1.165) is 0 Å². The third-order valence-corrected chi connectivity index (χ3v) is 3.21. The highest BCUT2D eigenvalue weighted by molar-refractivity contribution is 5.03. The van der Waals surface area contributed by atoms with Crippen LogP contribution < -0.4 is 0 Å². The standard InChI is InChI=1S/C13H24N/c1-3-5-6-8-11-14(4-2)12-9-7-10-13-14/h7,9-10,12H,3-6,8,11,13H2,1-2H3/q+1. The monoisotopic (exact) mass is 194 g/mol. The molecule has 1 nitrogen and oxygen atoms in total. The molecular formula is C13H24N+.